The van der Waals surface area contributed by atoms with Gasteiger partial charge in [-0.1, -0.05) is 24.3 Å². The second-order valence-corrected chi connectivity index (χ2v) is 7.92. The van der Waals surface area contributed by atoms with Crippen LogP contribution < -0.4 is 10.8 Å². The van der Waals surface area contributed by atoms with Crippen molar-refractivity contribution in [1.29, 1.82) is 0 Å². The number of aryl methyl sites for hydroxylation is 2. The van der Waals surface area contributed by atoms with Crippen molar-refractivity contribution in [2.75, 3.05) is 13.8 Å². The number of fused-ring (bicyclic) bond motifs is 2. The quantitative estimate of drug-likeness (QED) is 0.413. The molecular formula is C20H26N4O5. The average Bonchev–Trinajstić information content (AvgIpc) is 3.25. The zero-order valence-electron chi connectivity index (χ0n) is 16.1. The monoisotopic (exact) mass is 402 g/mol. The fourth-order valence-electron chi connectivity index (χ4n) is 4.61. The van der Waals surface area contributed by atoms with Gasteiger partial charge in [0, 0.05) is 6.20 Å². The highest BCUT2D eigenvalue weighted by atomic mass is 16.6. The summed E-state index contributed by atoms with van der Waals surface area (Å²) in [5.41, 5.74) is 6.01. The van der Waals surface area contributed by atoms with Gasteiger partial charge in [-0.2, -0.15) is 0 Å². The number of rotatable bonds is 4. The molecule has 0 spiro atoms. The number of benzene rings is 1. The number of ether oxygens (including phenoxy) is 1. The minimum atomic E-state index is -1.21. The van der Waals surface area contributed by atoms with Gasteiger partial charge in [0.15, 0.2) is 6.23 Å². The van der Waals surface area contributed by atoms with Crippen molar-refractivity contribution in [3.63, 3.8) is 0 Å². The minimum Gasteiger partial charge on any atom is -0.387 e. The Kier molecular flexibility index (Phi) is 4.81. The number of amidine groups is 1. The molecule has 29 heavy (non-hydrogen) atoms. The first-order valence-electron chi connectivity index (χ1n) is 9.92. The maximum absolute atomic E-state index is 10.9. The molecule has 156 valence electrons. The molecule has 1 aromatic rings. The molecule has 1 saturated heterocycles. The van der Waals surface area contributed by atoms with E-state index in [4.69, 9.17) is 9.57 Å². The summed E-state index contributed by atoms with van der Waals surface area (Å²) in [4.78, 5) is 11.2. The van der Waals surface area contributed by atoms with Gasteiger partial charge >= 0.3 is 0 Å². The lowest BCUT2D eigenvalue weighted by molar-refractivity contribution is -0.114. The number of nitrogens with zero attached hydrogens (tertiary/aromatic N) is 2. The summed E-state index contributed by atoms with van der Waals surface area (Å²) in [7, 11) is 1.53. The first-order valence-corrected chi connectivity index (χ1v) is 9.92. The number of nitrogens with one attached hydrogen (secondary N) is 2. The fraction of sp³-hybridized carbons (Fsp3) is 0.550. The van der Waals surface area contributed by atoms with Crippen LogP contribution in [0.1, 0.15) is 22.8 Å². The molecule has 0 bridgehead atoms. The number of hydroxylamine groups is 1. The molecule has 1 aromatic carbocycles. The van der Waals surface area contributed by atoms with Crippen molar-refractivity contribution < 1.29 is 24.9 Å². The van der Waals surface area contributed by atoms with E-state index in [2.05, 4.69) is 15.8 Å². The third-order valence-corrected chi connectivity index (χ3v) is 6.31. The molecule has 9 nitrogen and oxygen atoms in total. The van der Waals surface area contributed by atoms with Gasteiger partial charge in [-0.15, -0.1) is 0 Å². The molecule has 3 heterocycles. The van der Waals surface area contributed by atoms with Crippen LogP contribution in [0, 0.1) is 5.92 Å². The maximum Gasteiger partial charge on any atom is 0.160 e. The Morgan fingerprint density at radius 3 is 2.83 bits per heavy atom. The number of aliphatic hydroxyl groups is 3. The second kappa shape index (κ2) is 7.35. The van der Waals surface area contributed by atoms with Crippen LogP contribution in [0.3, 0.4) is 0 Å². The van der Waals surface area contributed by atoms with Crippen LogP contribution in [0.4, 0.5) is 0 Å². The van der Waals surface area contributed by atoms with Crippen molar-refractivity contribution in [2.24, 2.45) is 10.9 Å². The van der Waals surface area contributed by atoms with Gasteiger partial charge in [-0.3, -0.25) is 20.6 Å². The molecule has 0 radical (unpaired) electrons. The predicted octanol–water partition coefficient (Wildman–Crippen LogP) is -0.853. The summed E-state index contributed by atoms with van der Waals surface area (Å²) in [6.45, 7) is 0.386. The summed E-state index contributed by atoms with van der Waals surface area (Å²) in [5, 5.41) is 35.5. The van der Waals surface area contributed by atoms with Crippen LogP contribution >= 0.6 is 0 Å². The normalized spacial score (nSPS) is 36.3. The van der Waals surface area contributed by atoms with Gasteiger partial charge < -0.3 is 25.0 Å². The smallest absolute Gasteiger partial charge is 0.160 e. The molecule has 5 N–H and O–H groups in total. The van der Waals surface area contributed by atoms with Crippen molar-refractivity contribution in [1.82, 2.24) is 15.7 Å². The zero-order chi connectivity index (χ0) is 20.1. The minimum absolute atomic E-state index is 0.103. The molecule has 9 heteroatoms. The largest absolute Gasteiger partial charge is 0.387 e. The molecular weight excluding hydrogens is 376 g/mol. The van der Waals surface area contributed by atoms with Crippen molar-refractivity contribution in [2.45, 2.75) is 49.7 Å². The van der Waals surface area contributed by atoms with E-state index in [1.807, 2.05) is 35.4 Å². The Labute approximate surface area is 168 Å². The van der Waals surface area contributed by atoms with Crippen LogP contribution in [0.5, 0.6) is 0 Å². The number of hydrogen-bond donors (Lipinski definition) is 5. The van der Waals surface area contributed by atoms with E-state index >= 15 is 0 Å². The summed E-state index contributed by atoms with van der Waals surface area (Å²) in [6, 6.07) is 5.84. The van der Waals surface area contributed by atoms with Gasteiger partial charge in [0.25, 0.3) is 0 Å². The molecule has 7 atom stereocenters. The predicted molar refractivity (Wildman–Crippen MR) is 103 cm³/mol. The highest BCUT2D eigenvalue weighted by Crippen LogP contribution is 2.37. The van der Waals surface area contributed by atoms with Crippen molar-refractivity contribution in [3.05, 3.63) is 47.2 Å². The van der Waals surface area contributed by atoms with Crippen LogP contribution in [0.25, 0.3) is 0 Å². The van der Waals surface area contributed by atoms with E-state index in [0.717, 1.165) is 12.8 Å². The first-order chi connectivity index (χ1) is 14.1. The average molecular weight is 402 g/mol. The molecule has 5 rings (SSSR count). The SMILES string of the molecule is CONC1=NCNC2C1C=CN2[C@@H]1O[C@H]([C@H](O)c2ccc3c(c2)CC3)[C@@H](O)[C@H]1O. The number of aliphatic imine (C=N–C) groups is 1. The van der Waals surface area contributed by atoms with Crippen molar-refractivity contribution in [3.8, 4) is 0 Å². The maximum atomic E-state index is 10.9. The summed E-state index contributed by atoms with van der Waals surface area (Å²) in [5.74, 6) is 0.579. The first kappa shape index (κ1) is 19.0. The summed E-state index contributed by atoms with van der Waals surface area (Å²) in [6.07, 6.45) is 0.509. The van der Waals surface area contributed by atoms with Crippen LogP contribution in [0.15, 0.2) is 35.5 Å². The Morgan fingerprint density at radius 2 is 2.10 bits per heavy atom. The van der Waals surface area contributed by atoms with Crippen LogP contribution in [0.2, 0.25) is 0 Å². The molecule has 1 aliphatic carbocycles. The molecule has 0 aromatic heterocycles. The Bertz CT molecular complexity index is 846. The third-order valence-electron chi connectivity index (χ3n) is 6.31. The number of hydrogen-bond acceptors (Lipinski definition) is 9. The van der Waals surface area contributed by atoms with E-state index in [1.165, 1.54) is 18.2 Å². The Hall–Kier alpha value is -2.01. The molecule has 2 unspecified atom stereocenters. The zero-order valence-corrected chi connectivity index (χ0v) is 16.1. The molecule has 1 fully saturated rings. The molecule has 4 aliphatic rings. The van der Waals surface area contributed by atoms with Crippen molar-refractivity contribution >= 4 is 5.84 Å². The summed E-state index contributed by atoms with van der Waals surface area (Å²) < 4.78 is 6.01. The van der Waals surface area contributed by atoms with Crippen LogP contribution in [-0.4, -0.2) is 70.5 Å². The van der Waals surface area contributed by atoms with Gasteiger partial charge in [-0.05, 0) is 29.5 Å². The Morgan fingerprint density at radius 1 is 1.28 bits per heavy atom. The van der Waals surface area contributed by atoms with E-state index in [-0.39, 0.29) is 12.1 Å². The van der Waals surface area contributed by atoms with Gasteiger partial charge in [0.1, 0.15) is 30.3 Å². The van der Waals surface area contributed by atoms with Gasteiger partial charge in [0.05, 0.1) is 25.9 Å². The topological polar surface area (TPSA) is 119 Å². The molecule has 3 aliphatic heterocycles. The van der Waals surface area contributed by atoms with E-state index in [0.29, 0.717) is 18.1 Å². The van der Waals surface area contributed by atoms with E-state index in [1.54, 1.807) is 0 Å². The molecule has 0 amide bonds. The summed E-state index contributed by atoms with van der Waals surface area (Å²) >= 11 is 0. The highest BCUT2D eigenvalue weighted by molar-refractivity contribution is 5.87. The fourth-order valence-corrected chi connectivity index (χ4v) is 4.61. The molecule has 0 saturated carbocycles. The van der Waals surface area contributed by atoms with E-state index < -0.39 is 30.6 Å². The third kappa shape index (κ3) is 3.05. The Balaban J connectivity index is 1.33. The van der Waals surface area contributed by atoms with Gasteiger partial charge in [-0.25, -0.2) is 0 Å². The lowest BCUT2D eigenvalue weighted by Gasteiger charge is -2.37. The standard InChI is InChI=1S/C20H26N4O5/c1-28-23-18-13-6-7-24(19(13)22-9-21-18)20-16(27)15(26)17(29-20)14(25)12-5-3-10-2-4-11(10)8-12/h3,5-8,13-17,19-20,22,25-27H,2,4,9H2,1H3,(H,21,23)/t13?,14-,15+,16-,17-,19?,20-/m1/s1. The number of aliphatic hydroxyl groups excluding tert-OH is 3. The van der Waals surface area contributed by atoms with E-state index in [9.17, 15) is 15.3 Å². The lowest BCUT2D eigenvalue weighted by atomic mass is 9.85. The highest BCUT2D eigenvalue weighted by Gasteiger charge is 2.51. The lowest BCUT2D eigenvalue weighted by Crippen LogP contribution is -2.57. The van der Waals surface area contributed by atoms with Crippen LogP contribution in [-0.2, 0) is 22.4 Å². The second-order valence-electron chi connectivity index (χ2n) is 7.92. The van der Waals surface area contributed by atoms with Gasteiger partial charge in [0.2, 0.25) is 0 Å².